The van der Waals surface area contributed by atoms with Crippen molar-refractivity contribution < 1.29 is 4.79 Å². The van der Waals surface area contributed by atoms with E-state index in [2.05, 4.69) is 43.9 Å². The number of carbonyl (C=O) groups excluding carboxylic acids is 1. The van der Waals surface area contributed by atoms with Crippen LogP contribution >= 0.6 is 0 Å². The third-order valence-corrected chi connectivity index (χ3v) is 6.64. The predicted octanol–water partition coefficient (Wildman–Crippen LogP) is 3.96. The normalized spacial score (nSPS) is 17.4. The fourth-order valence-electron chi connectivity index (χ4n) is 4.89. The summed E-state index contributed by atoms with van der Waals surface area (Å²) >= 11 is 0. The van der Waals surface area contributed by atoms with Crippen molar-refractivity contribution >= 4 is 5.91 Å². The number of amides is 1. The van der Waals surface area contributed by atoms with E-state index in [0.717, 1.165) is 45.2 Å². The molecule has 0 N–H and O–H groups in total. The third kappa shape index (κ3) is 3.42. The van der Waals surface area contributed by atoms with Crippen molar-refractivity contribution in [2.45, 2.75) is 71.8 Å². The Labute approximate surface area is 162 Å². The number of hydrogen-bond acceptors (Lipinski definition) is 2. The van der Waals surface area contributed by atoms with Crippen LogP contribution in [0.25, 0.3) is 0 Å². The number of carbonyl (C=O) groups is 1. The van der Waals surface area contributed by atoms with Crippen molar-refractivity contribution in [1.29, 1.82) is 0 Å². The second kappa shape index (κ2) is 7.49. The minimum atomic E-state index is 0.231. The van der Waals surface area contributed by atoms with Crippen LogP contribution in [0.3, 0.4) is 0 Å². The van der Waals surface area contributed by atoms with Crippen LogP contribution in [0, 0.1) is 13.8 Å². The molecule has 1 aliphatic carbocycles. The Bertz CT molecular complexity index is 844. The molecule has 0 radical (unpaired) electrons. The van der Waals surface area contributed by atoms with Gasteiger partial charge in [-0.3, -0.25) is 9.48 Å². The van der Waals surface area contributed by atoms with E-state index in [9.17, 15) is 4.79 Å². The fourth-order valence-corrected chi connectivity index (χ4v) is 4.89. The Morgan fingerprint density at radius 3 is 2.70 bits per heavy atom. The largest absolute Gasteiger partial charge is 0.341 e. The summed E-state index contributed by atoms with van der Waals surface area (Å²) in [4.78, 5) is 14.9. The zero-order valence-corrected chi connectivity index (χ0v) is 16.9. The molecular formula is C23H31N3O. The molecule has 1 aliphatic heterocycles. The lowest BCUT2D eigenvalue weighted by Crippen LogP contribution is -2.40. The zero-order valence-electron chi connectivity index (χ0n) is 16.9. The van der Waals surface area contributed by atoms with E-state index in [4.69, 9.17) is 5.10 Å². The van der Waals surface area contributed by atoms with Gasteiger partial charge in [0.25, 0.3) is 0 Å². The topological polar surface area (TPSA) is 38.1 Å². The number of hydrogen-bond donors (Lipinski definition) is 0. The second-order valence-corrected chi connectivity index (χ2v) is 8.18. The lowest BCUT2D eigenvalue weighted by atomic mass is 9.85. The number of fused-ring (bicyclic) bond motifs is 1. The molecule has 4 rings (SSSR count). The lowest BCUT2D eigenvalue weighted by molar-refractivity contribution is -0.133. The van der Waals surface area contributed by atoms with E-state index in [1.807, 2.05) is 4.68 Å². The van der Waals surface area contributed by atoms with E-state index in [-0.39, 0.29) is 5.91 Å². The van der Waals surface area contributed by atoms with Gasteiger partial charge in [-0.1, -0.05) is 25.1 Å². The van der Waals surface area contributed by atoms with E-state index < -0.39 is 0 Å². The summed E-state index contributed by atoms with van der Waals surface area (Å²) in [5.41, 5.74) is 8.18. The molecule has 0 atom stereocenters. The summed E-state index contributed by atoms with van der Waals surface area (Å²) in [6.45, 7) is 8.71. The van der Waals surface area contributed by atoms with Crippen LogP contribution in [-0.2, 0) is 30.6 Å². The Morgan fingerprint density at radius 2 is 1.96 bits per heavy atom. The molecule has 1 fully saturated rings. The molecule has 0 saturated carbocycles. The first-order valence-corrected chi connectivity index (χ1v) is 10.5. The first-order valence-electron chi connectivity index (χ1n) is 10.5. The number of rotatable bonds is 4. The summed E-state index contributed by atoms with van der Waals surface area (Å²) < 4.78 is 2.00. The Balaban J connectivity index is 1.40. The quantitative estimate of drug-likeness (QED) is 0.823. The van der Waals surface area contributed by atoms with Crippen LogP contribution in [0.2, 0.25) is 0 Å². The van der Waals surface area contributed by atoms with Gasteiger partial charge in [-0.2, -0.15) is 5.10 Å². The molecule has 2 heterocycles. The number of aryl methyl sites for hydroxylation is 2. The molecule has 1 aromatic heterocycles. The summed E-state index contributed by atoms with van der Waals surface area (Å²) in [6, 6.07) is 6.62. The minimum Gasteiger partial charge on any atom is -0.341 e. The molecule has 2 aromatic rings. The monoisotopic (exact) mass is 365 g/mol. The van der Waals surface area contributed by atoms with Gasteiger partial charge in [0.15, 0.2) is 0 Å². The van der Waals surface area contributed by atoms with E-state index in [1.54, 1.807) is 0 Å². The summed E-state index contributed by atoms with van der Waals surface area (Å²) in [5, 5.41) is 4.74. The van der Waals surface area contributed by atoms with E-state index in [1.165, 1.54) is 40.1 Å². The van der Waals surface area contributed by atoms with E-state index >= 15 is 0 Å². The van der Waals surface area contributed by atoms with Gasteiger partial charge in [-0.05, 0) is 80.5 Å². The van der Waals surface area contributed by atoms with Gasteiger partial charge in [-0.25, -0.2) is 0 Å². The maximum absolute atomic E-state index is 12.9. The zero-order chi connectivity index (χ0) is 19.0. The molecule has 27 heavy (non-hydrogen) atoms. The first-order chi connectivity index (χ1) is 13.1. The highest BCUT2D eigenvalue weighted by Gasteiger charge is 2.27. The average molecular weight is 366 g/mol. The number of aromatic nitrogens is 2. The maximum Gasteiger partial charge on any atom is 0.244 e. The Morgan fingerprint density at radius 1 is 1.19 bits per heavy atom. The SMILES string of the molecule is CCc1nn(CC(=O)N2CCC(c3cccc(C)c3C)CC2)c2c1CCC2. The van der Waals surface area contributed by atoms with Crippen molar-refractivity contribution in [3.05, 3.63) is 51.8 Å². The van der Waals surface area contributed by atoms with Gasteiger partial charge in [0, 0.05) is 18.8 Å². The van der Waals surface area contributed by atoms with E-state index in [0.29, 0.717) is 12.5 Å². The highest BCUT2D eigenvalue weighted by molar-refractivity contribution is 5.76. The minimum absolute atomic E-state index is 0.231. The highest BCUT2D eigenvalue weighted by atomic mass is 16.2. The molecule has 1 aromatic carbocycles. The number of nitrogens with zero attached hydrogens (tertiary/aromatic N) is 3. The smallest absolute Gasteiger partial charge is 0.244 e. The molecule has 2 aliphatic rings. The molecule has 4 nitrogen and oxygen atoms in total. The fraction of sp³-hybridized carbons (Fsp3) is 0.565. The van der Waals surface area contributed by atoms with Crippen molar-refractivity contribution in [2.75, 3.05) is 13.1 Å². The van der Waals surface area contributed by atoms with Crippen LogP contribution < -0.4 is 0 Å². The molecule has 1 amide bonds. The number of piperidine rings is 1. The van der Waals surface area contributed by atoms with Crippen LogP contribution in [0.1, 0.15) is 65.7 Å². The van der Waals surface area contributed by atoms with Crippen molar-refractivity contribution in [1.82, 2.24) is 14.7 Å². The maximum atomic E-state index is 12.9. The third-order valence-electron chi connectivity index (χ3n) is 6.64. The molecular weight excluding hydrogens is 334 g/mol. The molecule has 1 saturated heterocycles. The van der Waals surface area contributed by atoms with Crippen molar-refractivity contribution in [3.8, 4) is 0 Å². The lowest BCUT2D eigenvalue weighted by Gasteiger charge is -2.33. The molecule has 144 valence electrons. The van der Waals surface area contributed by atoms with Gasteiger partial charge >= 0.3 is 0 Å². The predicted molar refractivity (Wildman–Crippen MR) is 108 cm³/mol. The van der Waals surface area contributed by atoms with Crippen LogP contribution in [0.5, 0.6) is 0 Å². The highest BCUT2D eigenvalue weighted by Crippen LogP contribution is 2.31. The van der Waals surface area contributed by atoms with Gasteiger partial charge in [0.05, 0.1) is 5.69 Å². The Kier molecular flexibility index (Phi) is 5.07. The van der Waals surface area contributed by atoms with Gasteiger partial charge in [0.2, 0.25) is 5.91 Å². The average Bonchev–Trinajstić information content (AvgIpc) is 3.28. The number of likely N-dealkylation sites (tertiary alicyclic amines) is 1. The van der Waals surface area contributed by atoms with Crippen LogP contribution in [0.15, 0.2) is 18.2 Å². The molecule has 0 bridgehead atoms. The van der Waals surface area contributed by atoms with Gasteiger partial charge in [-0.15, -0.1) is 0 Å². The molecule has 0 unspecified atom stereocenters. The Hall–Kier alpha value is -2.10. The first kappa shape index (κ1) is 18.3. The van der Waals surface area contributed by atoms with Gasteiger partial charge < -0.3 is 4.90 Å². The van der Waals surface area contributed by atoms with Gasteiger partial charge in [0.1, 0.15) is 6.54 Å². The van der Waals surface area contributed by atoms with Crippen LogP contribution in [-0.4, -0.2) is 33.7 Å². The molecule has 0 spiro atoms. The molecule has 4 heteroatoms. The van der Waals surface area contributed by atoms with Crippen molar-refractivity contribution in [2.24, 2.45) is 0 Å². The summed E-state index contributed by atoms with van der Waals surface area (Å²) in [5.74, 6) is 0.809. The standard InChI is InChI=1S/C23H31N3O/c1-4-21-20-9-6-10-22(20)26(24-21)15-23(27)25-13-11-18(12-14-25)19-8-5-7-16(2)17(19)3/h5,7-8,18H,4,6,9-15H2,1-3H3. The van der Waals surface area contributed by atoms with Crippen molar-refractivity contribution in [3.63, 3.8) is 0 Å². The summed E-state index contributed by atoms with van der Waals surface area (Å²) in [7, 11) is 0. The van der Waals surface area contributed by atoms with Crippen LogP contribution in [0.4, 0.5) is 0 Å². The number of benzene rings is 1. The summed E-state index contributed by atoms with van der Waals surface area (Å²) in [6.07, 6.45) is 6.50. The second-order valence-electron chi connectivity index (χ2n) is 8.18.